The van der Waals surface area contributed by atoms with E-state index in [9.17, 15) is 19.7 Å². The monoisotopic (exact) mass is 459 g/mol. The summed E-state index contributed by atoms with van der Waals surface area (Å²) in [7, 11) is 0. The molecule has 32 heavy (non-hydrogen) atoms. The van der Waals surface area contributed by atoms with Crippen LogP contribution >= 0.6 is 11.6 Å². The van der Waals surface area contributed by atoms with Crippen LogP contribution in [0.3, 0.4) is 0 Å². The normalized spacial score (nSPS) is 14.7. The highest BCUT2D eigenvalue weighted by atomic mass is 35.5. The van der Waals surface area contributed by atoms with Gasteiger partial charge in [0.25, 0.3) is 5.69 Å². The zero-order chi connectivity index (χ0) is 23.3. The Kier molecular flexibility index (Phi) is 7.79. The Bertz CT molecular complexity index is 1020. The van der Waals surface area contributed by atoms with E-state index in [0.29, 0.717) is 38.4 Å². The molecule has 10 heteroatoms. The molecule has 1 aliphatic rings. The first-order valence-electron chi connectivity index (χ1n) is 10.3. The number of hydrogen-bond donors (Lipinski definition) is 2. The van der Waals surface area contributed by atoms with Gasteiger partial charge in [0.1, 0.15) is 0 Å². The van der Waals surface area contributed by atoms with E-state index in [2.05, 4.69) is 15.5 Å². The molecule has 1 saturated heterocycles. The lowest BCUT2D eigenvalue weighted by atomic mass is 10.1. The van der Waals surface area contributed by atoms with Gasteiger partial charge in [-0.25, -0.2) is 0 Å². The van der Waals surface area contributed by atoms with Crippen molar-refractivity contribution in [3.8, 4) is 0 Å². The van der Waals surface area contributed by atoms with Crippen molar-refractivity contribution in [3.63, 3.8) is 0 Å². The molecule has 0 aliphatic carbocycles. The van der Waals surface area contributed by atoms with E-state index < -0.39 is 4.92 Å². The summed E-state index contributed by atoms with van der Waals surface area (Å²) in [4.78, 5) is 39.1. The van der Waals surface area contributed by atoms with Gasteiger partial charge in [0.15, 0.2) is 0 Å². The second-order valence-corrected chi connectivity index (χ2v) is 8.22. The van der Waals surface area contributed by atoms with Crippen LogP contribution in [0.25, 0.3) is 0 Å². The summed E-state index contributed by atoms with van der Waals surface area (Å²) in [6.45, 7) is 7.12. The van der Waals surface area contributed by atoms with E-state index in [-0.39, 0.29) is 29.1 Å². The number of non-ortho nitro benzene ring substituents is 1. The third-order valence-corrected chi connectivity index (χ3v) is 5.83. The molecule has 2 aromatic rings. The van der Waals surface area contributed by atoms with Crippen molar-refractivity contribution >= 4 is 40.5 Å². The van der Waals surface area contributed by atoms with Crippen molar-refractivity contribution in [1.29, 1.82) is 0 Å². The van der Waals surface area contributed by atoms with Gasteiger partial charge in [-0.1, -0.05) is 23.7 Å². The molecule has 1 heterocycles. The van der Waals surface area contributed by atoms with Gasteiger partial charge >= 0.3 is 0 Å². The lowest BCUT2D eigenvalue weighted by Crippen LogP contribution is -2.50. The Balaban J connectivity index is 1.43. The fourth-order valence-corrected chi connectivity index (χ4v) is 3.72. The predicted octanol–water partition coefficient (Wildman–Crippen LogP) is 3.06. The maximum Gasteiger partial charge on any atom is 0.271 e. The van der Waals surface area contributed by atoms with Gasteiger partial charge in [-0.05, 0) is 37.1 Å². The van der Waals surface area contributed by atoms with Crippen LogP contribution < -0.4 is 10.6 Å². The van der Waals surface area contributed by atoms with Crippen molar-refractivity contribution in [1.82, 2.24) is 9.80 Å². The molecule has 1 fully saturated rings. The van der Waals surface area contributed by atoms with E-state index in [1.165, 1.54) is 18.2 Å². The molecule has 0 bridgehead atoms. The number of hydrogen-bond acceptors (Lipinski definition) is 6. The van der Waals surface area contributed by atoms with Gasteiger partial charge in [-0.15, -0.1) is 0 Å². The smallest absolute Gasteiger partial charge is 0.271 e. The van der Waals surface area contributed by atoms with Crippen molar-refractivity contribution < 1.29 is 14.5 Å². The lowest BCUT2D eigenvalue weighted by Gasteiger charge is -2.33. The van der Waals surface area contributed by atoms with Crippen LogP contribution in [0.2, 0.25) is 5.02 Å². The number of piperazine rings is 1. The molecule has 170 valence electrons. The summed E-state index contributed by atoms with van der Waals surface area (Å²) < 4.78 is 0. The second-order valence-electron chi connectivity index (χ2n) is 7.82. The van der Waals surface area contributed by atoms with Gasteiger partial charge in [0.05, 0.1) is 28.7 Å². The van der Waals surface area contributed by atoms with E-state index in [1.54, 1.807) is 0 Å². The minimum absolute atomic E-state index is 0.0577. The van der Waals surface area contributed by atoms with Gasteiger partial charge in [0.2, 0.25) is 11.8 Å². The molecular formula is C22H26ClN5O4. The van der Waals surface area contributed by atoms with Crippen LogP contribution in [0, 0.1) is 24.0 Å². The first-order chi connectivity index (χ1) is 15.2. The van der Waals surface area contributed by atoms with Crippen LogP contribution in [0.4, 0.5) is 17.1 Å². The summed E-state index contributed by atoms with van der Waals surface area (Å²) in [6, 6.07) is 9.75. The van der Waals surface area contributed by atoms with Crippen LogP contribution in [0.1, 0.15) is 11.1 Å². The Morgan fingerprint density at radius 1 is 0.969 bits per heavy atom. The van der Waals surface area contributed by atoms with Gasteiger partial charge in [-0.2, -0.15) is 0 Å². The van der Waals surface area contributed by atoms with Crippen molar-refractivity contribution in [2.75, 3.05) is 49.9 Å². The molecule has 0 atom stereocenters. The minimum atomic E-state index is -0.542. The maximum atomic E-state index is 12.4. The number of rotatable bonds is 7. The third kappa shape index (κ3) is 6.25. The molecule has 9 nitrogen and oxygen atoms in total. The molecule has 3 rings (SSSR count). The summed E-state index contributed by atoms with van der Waals surface area (Å²) in [5.41, 5.74) is 3.22. The number of aryl methyl sites for hydroxylation is 1. The molecule has 2 N–H and O–H groups in total. The Morgan fingerprint density at radius 2 is 1.53 bits per heavy atom. The molecule has 1 aliphatic heterocycles. The molecule has 2 aromatic carbocycles. The maximum absolute atomic E-state index is 12.4. The Morgan fingerprint density at radius 3 is 2.06 bits per heavy atom. The first kappa shape index (κ1) is 23.6. The zero-order valence-corrected chi connectivity index (χ0v) is 18.8. The third-order valence-electron chi connectivity index (χ3n) is 5.52. The number of nitro groups is 1. The molecule has 0 radical (unpaired) electrons. The van der Waals surface area contributed by atoms with E-state index in [1.807, 2.05) is 36.9 Å². The zero-order valence-electron chi connectivity index (χ0n) is 18.1. The summed E-state index contributed by atoms with van der Waals surface area (Å²) in [6.07, 6.45) is 0. The molecule has 0 saturated carbocycles. The van der Waals surface area contributed by atoms with E-state index in [4.69, 9.17) is 11.6 Å². The molecule has 2 amide bonds. The van der Waals surface area contributed by atoms with Crippen LogP contribution in [-0.2, 0) is 9.59 Å². The quantitative estimate of drug-likeness (QED) is 0.486. The fourth-order valence-electron chi connectivity index (χ4n) is 3.50. The number of benzene rings is 2. The van der Waals surface area contributed by atoms with Crippen molar-refractivity contribution in [2.45, 2.75) is 13.8 Å². The lowest BCUT2D eigenvalue weighted by molar-refractivity contribution is -0.384. The van der Waals surface area contributed by atoms with Gasteiger partial charge in [0, 0.05) is 44.0 Å². The number of amides is 2. The average molecular weight is 460 g/mol. The summed E-state index contributed by atoms with van der Waals surface area (Å²) >= 11 is 6.03. The highest BCUT2D eigenvalue weighted by molar-refractivity contribution is 6.34. The number of nitrogens with zero attached hydrogens (tertiary/aromatic N) is 3. The molecule has 0 unspecified atom stereocenters. The number of carbonyl (C=O) groups excluding carboxylic acids is 2. The van der Waals surface area contributed by atoms with Crippen LogP contribution in [0.15, 0.2) is 36.4 Å². The number of carbonyl (C=O) groups is 2. The molecular weight excluding hydrogens is 434 g/mol. The first-order valence-corrected chi connectivity index (χ1v) is 10.7. The standard InChI is InChI=1S/C22H26ClN5O4/c1-15-4-3-5-19(16(15)2)24-21(29)13-26-8-10-27(11-9-26)14-22(30)25-20-7-6-17(28(31)32)12-18(20)23/h3-7,12H,8-11,13-14H2,1-2H3,(H,24,29)(H,25,30). The van der Waals surface area contributed by atoms with E-state index in [0.717, 1.165) is 16.8 Å². The van der Waals surface area contributed by atoms with Crippen LogP contribution in [-0.4, -0.2) is 65.8 Å². The Hall–Kier alpha value is -3.01. The van der Waals surface area contributed by atoms with E-state index >= 15 is 0 Å². The fraction of sp³-hybridized carbons (Fsp3) is 0.364. The molecule has 0 spiro atoms. The minimum Gasteiger partial charge on any atom is -0.325 e. The second kappa shape index (κ2) is 10.5. The predicted molar refractivity (Wildman–Crippen MR) is 124 cm³/mol. The number of nitrogens with one attached hydrogen (secondary N) is 2. The topological polar surface area (TPSA) is 108 Å². The van der Waals surface area contributed by atoms with Gasteiger partial charge < -0.3 is 10.6 Å². The molecule has 0 aromatic heterocycles. The highest BCUT2D eigenvalue weighted by Gasteiger charge is 2.21. The van der Waals surface area contributed by atoms with Crippen molar-refractivity contribution in [3.05, 3.63) is 62.7 Å². The summed E-state index contributed by atoms with van der Waals surface area (Å²) in [5.74, 6) is -0.306. The largest absolute Gasteiger partial charge is 0.325 e. The Labute approximate surface area is 191 Å². The van der Waals surface area contributed by atoms with Crippen molar-refractivity contribution in [2.24, 2.45) is 0 Å². The number of halogens is 1. The SMILES string of the molecule is Cc1cccc(NC(=O)CN2CCN(CC(=O)Nc3ccc([N+](=O)[O-])cc3Cl)CC2)c1C. The highest BCUT2D eigenvalue weighted by Crippen LogP contribution is 2.26. The number of nitro benzene ring substituents is 1. The van der Waals surface area contributed by atoms with Crippen LogP contribution in [0.5, 0.6) is 0 Å². The summed E-state index contributed by atoms with van der Waals surface area (Å²) in [5, 5.41) is 16.6. The average Bonchev–Trinajstić information content (AvgIpc) is 2.74. The van der Waals surface area contributed by atoms with Gasteiger partial charge in [-0.3, -0.25) is 29.5 Å². The number of anilines is 2.